The summed E-state index contributed by atoms with van der Waals surface area (Å²) in [5.74, 6) is 1.21. The maximum atomic E-state index is 12.0. The smallest absolute Gasteiger partial charge is 0.234 e. The fourth-order valence-corrected chi connectivity index (χ4v) is 2.64. The lowest BCUT2D eigenvalue weighted by Crippen LogP contribution is -2.42. The fourth-order valence-electron chi connectivity index (χ4n) is 2.64. The van der Waals surface area contributed by atoms with Crippen LogP contribution in [0.2, 0.25) is 0 Å². The van der Waals surface area contributed by atoms with Gasteiger partial charge in [0.15, 0.2) is 0 Å². The summed E-state index contributed by atoms with van der Waals surface area (Å²) >= 11 is 0. The van der Waals surface area contributed by atoms with Gasteiger partial charge in [-0.3, -0.25) is 9.69 Å². The highest BCUT2D eigenvalue weighted by atomic mass is 16.2. The molecule has 110 valence electrons. The van der Waals surface area contributed by atoms with Gasteiger partial charge >= 0.3 is 0 Å². The second kappa shape index (κ2) is 6.89. The predicted molar refractivity (Wildman–Crippen MR) is 82.7 cm³/mol. The lowest BCUT2D eigenvalue weighted by atomic mass is 9.99. The predicted octanol–water partition coefficient (Wildman–Crippen LogP) is 2.64. The Morgan fingerprint density at radius 1 is 1.30 bits per heavy atom. The Labute approximate surface area is 122 Å². The highest BCUT2D eigenvalue weighted by Crippen LogP contribution is 2.26. The molecular formula is C17H26N2O. The van der Waals surface area contributed by atoms with Crippen LogP contribution in [0, 0.1) is 5.92 Å². The minimum atomic E-state index is 0.153. The molecule has 0 aliphatic carbocycles. The number of nitrogens with zero attached hydrogens (tertiary/aromatic N) is 1. The van der Waals surface area contributed by atoms with Gasteiger partial charge < -0.3 is 5.32 Å². The highest BCUT2D eigenvalue weighted by Gasteiger charge is 2.25. The van der Waals surface area contributed by atoms with Crippen LogP contribution in [0.5, 0.6) is 0 Å². The average Bonchev–Trinajstić information content (AvgIpc) is 2.88. The van der Waals surface area contributed by atoms with Gasteiger partial charge in [0, 0.05) is 12.6 Å². The standard InChI is InChI=1S/C17H26N2O/c1-13(2)14(3)18-17(20)12-19-10-9-16(11-19)15-7-5-4-6-8-15/h4-8,13-14,16H,9-12H2,1-3H3,(H,18,20)/t14-,16+/m0/s1. The van der Waals surface area contributed by atoms with E-state index in [0.717, 1.165) is 19.5 Å². The number of hydrogen-bond acceptors (Lipinski definition) is 2. The van der Waals surface area contributed by atoms with Crippen LogP contribution in [-0.2, 0) is 4.79 Å². The van der Waals surface area contributed by atoms with Crippen molar-refractivity contribution in [1.29, 1.82) is 0 Å². The summed E-state index contributed by atoms with van der Waals surface area (Å²) in [6, 6.07) is 10.9. The molecule has 2 rings (SSSR count). The van der Waals surface area contributed by atoms with Crippen LogP contribution in [0.25, 0.3) is 0 Å². The van der Waals surface area contributed by atoms with E-state index in [4.69, 9.17) is 0 Å². The first-order chi connectivity index (χ1) is 9.56. The van der Waals surface area contributed by atoms with Crippen LogP contribution in [-0.4, -0.2) is 36.5 Å². The topological polar surface area (TPSA) is 32.3 Å². The Kier molecular flexibility index (Phi) is 5.18. The summed E-state index contributed by atoms with van der Waals surface area (Å²) in [6.45, 7) is 8.87. The first-order valence-electron chi connectivity index (χ1n) is 7.63. The molecule has 1 fully saturated rings. The summed E-state index contributed by atoms with van der Waals surface area (Å²) in [5.41, 5.74) is 1.39. The van der Waals surface area contributed by atoms with Gasteiger partial charge in [0.2, 0.25) is 5.91 Å². The molecule has 0 spiro atoms. The Morgan fingerprint density at radius 2 is 2.00 bits per heavy atom. The van der Waals surface area contributed by atoms with Crippen molar-refractivity contribution in [2.75, 3.05) is 19.6 Å². The third-order valence-electron chi connectivity index (χ3n) is 4.30. The molecule has 0 saturated carbocycles. The largest absolute Gasteiger partial charge is 0.352 e. The Morgan fingerprint density at radius 3 is 2.65 bits per heavy atom. The molecule has 2 atom stereocenters. The summed E-state index contributed by atoms with van der Waals surface area (Å²) in [7, 11) is 0. The van der Waals surface area contributed by atoms with E-state index in [2.05, 4.69) is 61.3 Å². The molecule has 20 heavy (non-hydrogen) atoms. The van der Waals surface area contributed by atoms with Gasteiger partial charge in [-0.25, -0.2) is 0 Å². The number of likely N-dealkylation sites (tertiary alicyclic amines) is 1. The fraction of sp³-hybridized carbons (Fsp3) is 0.588. The van der Waals surface area contributed by atoms with E-state index in [9.17, 15) is 4.79 Å². The van der Waals surface area contributed by atoms with Gasteiger partial charge in [0.25, 0.3) is 0 Å². The molecule has 3 nitrogen and oxygen atoms in total. The minimum Gasteiger partial charge on any atom is -0.352 e. The van der Waals surface area contributed by atoms with Crippen molar-refractivity contribution >= 4 is 5.91 Å². The van der Waals surface area contributed by atoms with Gasteiger partial charge in [-0.05, 0) is 37.3 Å². The molecule has 1 N–H and O–H groups in total. The average molecular weight is 274 g/mol. The molecule has 0 unspecified atom stereocenters. The number of benzene rings is 1. The third kappa shape index (κ3) is 4.07. The second-order valence-electron chi connectivity index (χ2n) is 6.23. The Bertz CT molecular complexity index is 430. The van der Waals surface area contributed by atoms with E-state index in [1.807, 2.05) is 0 Å². The normalized spacial score (nSPS) is 21.1. The van der Waals surface area contributed by atoms with Crippen molar-refractivity contribution in [3.8, 4) is 0 Å². The van der Waals surface area contributed by atoms with Crippen molar-refractivity contribution in [3.05, 3.63) is 35.9 Å². The molecule has 0 radical (unpaired) electrons. The summed E-state index contributed by atoms with van der Waals surface area (Å²) < 4.78 is 0. The first-order valence-corrected chi connectivity index (χ1v) is 7.63. The van der Waals surface area contributed by atoms with Crippen LogP contribution < -0.4 is 5.32 Å². The van der Waals surface area contributed by atoms with E-state index in [0.29, 0.717) is 18.4 Å². The molecule has 1 amide bonds. The van der Waals surface area contributed by atoms with Crippen LogP contribution in [0.1, 0.15) is 38.7 Å². The molecule has 1 heterocycles. The van der Waals surface area contributed by atoms with E-state index >= 15 is 0 Å². The second-order valence-corrected chi connectivity index (χ2v) is 6.23. The Hall–Kier alpha value is -1.35. The van der Waals surface area contributed by atoms with Crippen LogP contribution >= 0.6 is 0 Å². The van der Waals surface area contributed by atoms with Crippen molar-refractivity contribution in [2.24, 2.45) is 5.92 Å². The third-order valence-corrected chi connectivity index (χ3v) is 4.30. The maximum Gasteiger partial charge on any atom is 0.234 e. The van der Waals surface area contributed by atoms with Crippen LogP contribution in [0.4, 0.5) is 0 Å². The molecule has 1 aromatic carbocycles. The monoisotopic (exact) mass is 274 g/mol. The van der Waals surface area contributed by atoms with E-state index in [-0.39, 0.29) is 11.9 Å². The molecule has 1 saturated heterocycles. The van der Waals surface area contributed by atoms with Gasteiger partial charge in [0.05, 0.1) is 6.54 Å². The van der Waals surface area contributed by atoms with Crippen molar-refractivity contribution < 1.29 is 4.79 Å². The van der Waals surface area contributed by atoms with Crippen LogP contribution in [0.3, 0.4) is 0 Å². The van der Waals surface area contributed by atoms with Crippen LogP contribution in [0.15, 0.2) is 30.3 Å². The van der Waals surface area contributed by atoms with E-state index < -0.39 is 0 Å². The van der Waals surface area contributed by atoms with Crippen molar-refractivity contribution in [1.82, 2.24) is 10.2 Å². The molecule has 1 aliphatic heterocycles. The summed E-state index contributed by atoms with van der Waals surface area (Å²) in [5, 5.41) is 3.08. The van der Waals surface area contributed by atoms with E-state index in [1.54, 1.807) is 0 Å². The molecular weight excluding hydrogens is 248 g/mol. The van der Waals surface area contributed by atoms with E-state index in [1.165, 1.54) is 5.56 Å². The quantitative estimate of drug-likeness (QED) is 0.895. The lowest BCUT2D eigenvalue weighted by Gasteiger charge is -2.20. The molecule has 1 aromatic rings. The number of rotatable bonds is 5. The molecule has 0 bridgehead atoms. The maximum absolute atomic E-state index is 12.0. The SMILES string of the molecule is CC(C)[C@H](C)NC(=O)CN1CC[C@@H](c2ccccc2)C1. The first kappa shape index (κ1) is 15.0. The van der Waals surface area contributed by atoms with Crippen molar-refractivity contribution in [2.45, 2.75) is 39.2 Å². The zero-order chi connectivity index (χ0) is 14.5. The highest BCUT2D eigenvalue weighted by molar-refractivity contribution is 5.78. The summed E-state index contributed by atoms with van der Waals surface area (Å²) in [6.07, 6.45) is 1.15. The van der Waals surface area contributed by atoms with Gasteiger partial charge in [0.1, 0.15) is 0 Å². The number of amides is 1. The summed E-state index contributed by atoms with van der Waals surface area (Å²) in [4.78, 5) is 14.3. The number of nitrogens with one attached hydrogen (secondary N) is 1. The van der Waals surface area contributed by atoms with Gasteiger partial charge in [-0.1, -0.05) is 44.2 Å². The van der Waals surface area contributed by atoms with Gasteiger partial charge in [-0.15, -0.1) is 0 Å². The lowest BCUT2D eigenvalue weighted by molar-refractivity contribution is -0.122. The molecule has 0 aromatic heterocycles. The minimum absolute atomic E-state index is 0.153. The number of carbonyl (C=O) groups is 1. The number of carbonyl (C=O) groups excluding carboxylic acids is 1. The van der Waals surface area contributed by atoms with Crippen molar-refractivity contribution in [3.63, 3.8) is 0 Å². The molecule has 3 heteroatoms. The van der Waals surface area contributed by atoms with Gasteiger partial charge in [-0.2, -0.15) is 0 Å². The zero-order valence-corrected chi connectivity index (χ0v) is 12.8. The number of hydrogen-bond donors (Lipinski definition) is 1. The Balaban J connectivity index is 1.80. The molecule has 1 aliphatic rings. The zero-order valence-electron chi connectivity index (χ0n) is 12.8.